The van der Waals surface area contributed by atoms with E-state index >= 15 is 0 Å². The average molecular weight is 277 g/mol. The van der Waals surface area contributed by atoms with Gasteiger partial charge in [-0.2, -0.15) is 4.31 Å². The van der Waals surface area contributed by atoms with Crippen LogP contribution in [0.4, 0.5) is 0 Å². The van der Waals surface area contributed by atoms with Crippen molar-refractivity contribution < 1.29 is 13.2 Å². The van der Waals surface area contributed by atoms with E-state index in [9.17, 15) is 13.2 Å². The highest BCUT2D eigenvalue weighted by molar-refractivity contribution is 7.88. The van der Waals surface area contributed by atoms with Crippen molar-refractivity contribution in [3.63, 3.8) is 0 Å². The van der Waals surface area contributed by atoms with Gasteiger partial charge in [-0.05, 0) is 11.6 Å². The second-order valence-corrected chi connectivity index (χ2v) is 6.05. The Hall–Kier alpha value is -1.11. The molecule has 1 aromatic carbocycles. The van der Waals surface area contributed by atoms with Gasteiger partial charge < -0.3 is 5.73 Å². The van der Waals surface area contributed by atoms with E-state index in [1.54, 1.807) is 24.3 Å². The molecule has 2 N–H and O–H groups in total. The Morgan fingerprint density at radius 3 is 2.53 bits per heavy atom. The van der Waals surface area contributed by atoms with Crippen molar-refractivity contribution >= 4 is 27.5 Å². The number of primary amides is 1. The van der Waals surface area contributed by atoms with Gasteiger partial charge in [0.25, 0.3) is 0 Å². The maximum atomic E-state index is 11.8. The van der Waals surface area contributed by atoms with Gasteiger partial charge >= 0.3 is 0 Å². The van der Waals surface area contributed by atoms with Crippen molar-refractivity contribution in [1.29, 1.82) is 0 Å². The number of carbonyl (C=O) groups is 1. The monoisotopic (exact) mass is 276 g/mol. The van der Waals surface area contributed by atoms with Crippen molar-refractivity contribution in [2.75, 3.05) is 13.6 Å². The molecule has 0 spiro atoms. The highest BCUT2D eigenvalue weighted by Gasteiger charge is 2.20. The van der Waals surface area contributed by atoms with E-state index < -0.39 is 15.9 Å². The van der Waals surface area contributed by atoms with E-state index in [1.165, 1.54) is 7.05 Å². The number of nitrogens with two attached hydrogens (primary N) is 1. The summed E-state index contributed by atoms with van der Waals surface area (Å²) in [6, 6.07) is 6.65. The molecule has 0 aromatic heterocycles. The molecular formula is C10H13ClN2O3S. The predicted molar refractivity (Wildman–Crippen MR) is 65.9 cm³/mol. The lowest BCUT2D eigenvalue weighted by Crippen LogP contribution is -2.36. The lowest BCUT2D eigenvalue weighted by Gasteiger charge is -2.15. The van der Waals surface area contributed by atoms with E-state index in [-0.39, 0.29) is 12.3 Å². The largest absolute Gasteiger partial charge is 0.369 e. The quantitative estimate of drug-likeness (QED) is 0.854. The van der Waals surface area contributed by atoms with Crippen LogP contribution in [0.25, 0.3) is 0 Å². The topological polar surface area (TPSA) is 80.5 Å². The minimum Gasteiger partial charge on any atom is -0.369 e. The fourth-order valence-electron chi connectivity index (χ4n) is 1.24. The van der Waals surface area contributed by atoms with Crippen LogP contribution in [-0.2, 0) is 20.6 Å². The first-order chi connectivity index (χ1) is 7.83. The number of sulfonamides is 1. The summed E-state index contributed by atoms with van der Waals surface area (Å²) < 4.78 is 24.6. The molecule has 0 radical (unpaired) electrons. The zero-order valence-electron chi connectivity index (χ0n) is 9.26. The van der Waals surface area contributed by atoms with Gasteiger partial charge in [0.1, 0.15) is 0 Å². The number of carbonyl (C=O) groups excluding carboxylic acids is 1. The number of rotatable bonds is 5. The van der Waals surface area contributed by atoms with Gasteiger partial charge in [-0.3, -0.25) is 4.79 Å². The second kappa shape index (κ2) is 5.48. The third-order valence-electron chi connectivity index (χ3n) is 2.15. The smallest absolute Gasteiger partial charge is 0.232 e. The number of likely N-dealkylation sites (N-methyl/N-ethyl adjacent to an activating group) is 1. The van der Waals surface area contributed by atoms with Gasteiger partial charge in [-0.15, -0.1) is 0 Å². The molecular weight excluding hydrogens is 264 g/mol. The summed E-state index contributed by atoms with van der Waals surface area (Å²) in [6.07, 6.45) is 0. The number of halogens is 1. The summed E-state index contributed by atoms with van der Waals surface area (Å²) in [5, 5.41) is 0.378. The Balaban J connectivity index is 2.87. The minimum atomic E-state index is -3.58. The summed E-state index contributed by atoms with van der Waals surface area (Å²) in [4.78, 5) is 10.7. The zero-order chi connectivity index (χ0) is 13.1. The Bertz CT molecular complexity index is 516. The molecule has 7 heteroatoms. The lowest BCUT2D eigenvalue weighted by atomic mass is 10.2. The molecule has 0 saturated heterocycles. The lowest BCUT2D eigenvalue weighted by molar-refractivity contribution is -0.118. The SMILES string of the molecule is CN(CC(N)=O)S(=O)(=O)Cc1ccccc1Cl. The van der Waals surface area contributed by atoms with E-state index in [1.807, 2.05) is 0 Å². The Kier molecular flexibility index (Phi) is 4.50. The number of hydrogen-bond donors (Lipinski definition) is 1. The molecule has 1 amide bonds. The average Bonchev–Trinajstić information content (AvgIpc) is 2.20. The van der Waals surface area contributed by atoms with Crippen molar-refractivity contribution in [2.45, 2.75) is 5.75 Å². The zero-order valence-corrected chi connectivity index (χ0v) is 10.8. The molecule has 0 unspecified atom stereocenters. The van der Waals surface area contributed by atoms with Crippen molar-refractivity contribution in [1.82, 2.24) is 4.31 Å². The Morgan fingerprint density at radius 1 is 1.41 bits per heavy atom. The maximum Gasteiger partial charge on any atom is 0.232 e. The Labute approximate surface area is 105 Å². The molecule has 1 rings (SSSR count). The standard InChI is InChI=1S/C10H13ClN2O3S/c1-13(6-10(12)14)17(15,16)7-8-4-2-3-5-9(8)11/h2-5H,6-7H2,1H3,(H2,12,14). The maximum absolute atomic E-state index is 11.8. The number of amides is 1. The first kappa shape index (κ1) is 14.0. The summed E-state index contributed by atoms with van der Waals surface area (Å²) in [7, 11) is -2.28. The predicted octanol–water partition coefficient (Wildman–Crippen LogP) is 0.587. The van der Waals surface area contributed by atoms with Gasteiger partial charge in [0.2, 0.25) is 15.9 Å². The fraction of sp³-hybridized carbons (Fsp3) is 0.300. The van der Waals surface area contributed by atoms with Crippen molar-refractivity contribution in [3.05, 3.63) is 34.9 Å². The van der Waals surface area contributed by atoms with Gasteiger partial charge in [-0.25, -0.2) is 8.42 Å². The third-order valence-corrected chi connectivity index (χ3v) is 4.27. The molecule has 0 heterocycles. The van der Waals surface area contributed by atoms with Crippen LogP contribution in [0.1, 0.15) is 5.56 Å². The summed E-state index contributed by atoms with van der Waals surface area (Å²) in [5.41, 5.74) is 5.43. The van der Waals surface area contributed by atoms with Crippen LogP contribution in [0, 0.1) is 0 Å². The molecule has 0 aliphatic heterocycles. The van der Waals surface area contributed by atoms with Gasteiger partial charge in [0.05, 0.1) is 12.3 Å². The molecule has 17 heavy (non-hydrogen) atoms. The summed E-state index contributed by atoms with van der Waals surface area (Å²) in [6.45, 7) is -0.340. The van der Waals surface area contributed by atoms with E-state index in [4.69, 9.17) is 17.3 Å². The second-order valence-electron chi connectivity index (χ2n) is 3.57. The van der Waals surface area contributed by atoms with Crippen LogP contribution in [-0.4, -0.2) is 32.2 Å². The number of benzene rings is 1. The van der Waals surface area contributed by atoms with Crippen LogP contribution >= 0.6 is 11.6 Å². The van der Waals surface area contributed by atoms with Gasteiger partial charge in [-0.1, -0.05) is 29.8 Å². The van der Waals surface area contributed by atoms with Gasteiger partial charge in [0.15, 0.2) is 0 Å². The van der Waals surface area contributed by atoms with Crippen LogP contribution in [0.2, 0.25) is 5.02 Å². The van der Waals surface area contributed by atoms with Gasteiger partial charge in [0, 0.05) is 12.1 Å². The van der Waals surface area contributed by atoms with Crippen LogP contribution in [0.15, 0.2) is 24.3 Å². The first-order valence-electron chi connectivity index (χ1n) is 4.78. The van der Waals surface area contributed by atoms with Crippen molar-refractivity contribution in [3.8, 4) is 0 Å². The highest BCUT2D eigenvalue weighted by Crippen LogP contribution is 2.18. The fourth-order valence-corrected chi connectivity index (χ4v) is 2.71. The molecule has 0 saturated carbocycles. The van der Waals surface area contributed by atoms with E-state index in [0.717, 1.165) is 4.31 Å². The third kappa shape index (κ3) is 3.99. The molecule has 0 aliphatic rings. The first-order valence-corrected chi connectivity index (χ1v) is 6.77. The molecule has 0 aliphatic carbocycles. The highest BCUT2D eigenvalue weighted by atomic mass is 35.5. The summed E-state index contributed by atoms with van der Waals surface area (Å²) in [5.74, 6) is -0.952. The van der Waals surface area contributed by atoms with Crippen molar-refractivity contribution in [2.24, 2.45) is 5.73 Å². The molecule has 5 nitrogen and oxygen atoms in total. The molecule has 0 atom stereocenters. The number of nitrogens with zero attached hydrogens (tertiary/aromatic N) is 1. The van der Waals surface area contributed by atoms with Crippen LogP contribution in [0.5, 0.6) is 0 Å². The Morgan fingerprint density at radius 2 is 2.00 bits per heavy atom. The number of hydrogen-bond acceptors (Lipinski definition) is 3. The van der Waals surface area contributed by atoms with Crippen LogP contribution in [0.3, 0.4) is 0 Å². The molecule has 94 valence electrons. The van der Waals surface area contributed by atoms with E-state index in [2.05, 4.69) is 0 Å². The van der Waals surface area contributed by atoms with E-state index in [0.29, 0.717) is 10.6 Å². The molecule has 0 fully saturated rings. The minimum absolute atomic E-state index is 0.254. The summed E-state index contributed by atoms with van der Waals surface area (Å²) >= 11 is 5.87. The van der Waals surface area contributed by atoms with Crippen LogP contribution < -0.4 is 5.73 Å². The molecule has 1 aromatic rings. The normalized spacial score (nSPS) is 11.7. The molecule has 0 bridgehead atoms.